The number of aromatic nitrogens is 3. The summed E-state index contributed by atoms with van der Waals surface area (Å²) in [4.78, 5) is 19.4. The molecule has 0 aliphatic carbocycles. The quantitative estimate of drug-likeness (QED) is 0.638. The van der Waals surface area contributed by atoms with Crippen LogP contribution in [-0.4, -0.2) is 43.7 Å². The fraction of sp³-hybridized carbons (Fsp3) is 0.417. The number of nitrogens with zero attached hydrogens (tertiary/aromatic N) is 5. The molecule has 3 heterocycles. The van der Waals surface area contributed by atoms with E-state index >= 15 is 0 Å². The van der Waals surface area contributed by atoms with E-state index in [1.807, 2.05) is 61.9 Å². The van der Waals surface area contributed by atoms with Crippen molar-refractivity contribution in [2.45, 2.75) is 65.2 Å². The van der Waals surface area contributed by atoms with E-state index in [1.54, 1.807) is 4.90 Å². The summed E-state index contributed by atoms with van der Waals surface area (Å²) in [6.07, 6.45) is 3.94. The monoisotopic (exact) mass is 416 g/mol. The van der Waals surface area contributed by atoms with Crippen LogP contribution in [0.2, 0.25) is 0 Å². The minimum Gasteiger partial charge on any atom is -0.347 e. The highest BCUT2D eigenvalue weighted by molar-refractivity contribution is 6.01. The third-order valence-corrected chi connectivity index (χ3v) is 6.10. The van der Waals surface area contributed by atoms with Crippen LogP contribution in [0.1, 0.15) is 49.7 Å². The van der Waals surface area contributed by atoms with Crippen molar-refractivity contribution < 1.29 is 4.79 Å². The second-order valence-corrected chi connectivity index (χ2v) is 8.38. The molecule has 3 aromatic rings. The van der Waals surface area contributed by atoms with Gasteiger partial charge in [0.2, 0.25) is 0 Å². The molecule has 0 spiro atoms. The van der Waals surface area contributed by atoms with Gasteiger partial charge in [0.25, 0.3) is 5.91 Å². The summed E-state index contributed by atoms with van der Waals surface area (Å²) >= 11 is 0. The molecule has 7 heteroatoms. The van der Waals surface area contributed by atoms with Crippen molar-refractivity contribution in [3.8, 4) is 17.6 Å². The Hall–Kier alpha value is -3.40. The SMILES string of the molecule is CCCn1nc(-c2cccc(C)n2)c2ccc(C(=O)N[C@@H]3C[C@H](C)N(C#N)[C@@H]3C)cc21. The maximum atomic E-state index is 13.0. The molecule has 0 unspecified atom stereocenters. The summed E-state index contributed by atoms with van der Waals surface area (Å²) in [7, 11) is 0. The number of likely N-dealkylation sites (tertiary alicyclic amines) is 1. The van der Waals surface area contributed by atoms with Gasteiger partial charge in [-0.05, 0) is 63.9 Å². The summed E-state index contributed by atoms with van der Waals surface area (Å²) in [6, 6.07) is 11.7. The van der Waals surface area contributed by atoms with Crippen LogP contribution in [0.5, 0.6) is 0 Å². The Kier molecular flexibility index (Phi) is 5.64. The number of aryl methyl sites for hydroxylation is 2. The Morgan fingerprint density at radius 2 is 2.10 bits per heavy atom. The third-order valence-electron chi connectivity index (χ3n) is 6.10. The largest absolute Gasteiger partial charge is 0.347 e. The van der Waals surface area contributed by atoms with Gasteiger partial charge in [0.15, 0.2) is 6.19 Å². The fourth-order valence-corrected chi connectivity index (χ4v) is 4.46. The first kappa shape index (κ1) is 20.9. The van der Waals surface area contributed by atoms with E-state index in [0.29, 0.717) is 5.56 Å². The van der Waals surface area contributed by atoms with Crippen LogP contribution in [0, 0.1) is 18.4 Å². The summed E-state index contributed by atoms with van der Waals surface area (Å²) in [5.74, 6) is -0.120. The molecule has 7 nitrogen and oxygen atoms in total. The number of rotatable bonds is 5. The number of fused-ring (bicyclic) bond motifs is 1. The number of hydrogen-bond donors (Lipinski definition) is 1. The zero-order valence-corrected chi connectivity index (χ0v) is 18.5. The van der Waals surface area contributed by atoms with Gasteiger partial charge in [0.05, 0.1) is 23.3 Å². The van der Waals surface area contributed by atoms with E-state index in [1.165, 1.54) is 0 Å². The molecule has 31 heavy (non-hydrogen) atoms. The van der Waals surface area contributed by atoms with Crippen LogP contribution in [0.25, 0.3) is 22.3 Å². The molecule has 1 aliphatic rings. The zero-order valence-electron chi connectivity index (χ0n) is 18.5. The number of nitriles is 1. The van der Waals surface area contributed by atoms with Gasteiger partial charge in [0, 0.05) is 29.2 Å². The second kappa shape index (κ2) is 8.38. The normalized spacial score (nSPS) is 20.7. The highest BCUT2D eigenvalue weighted by atomic mass is 16.1. The molecule has 4 rings (SSSR count). The van der Waals surface area contributed by atoms with Crippen molar-refractivity contribution in [3.63, 3.8) is 0 Å². The Labute approximate surface area is 182 Å². The van der Waals surface area contributed by atoms with Crippen LogP contribution < -0.4 is 5.32 Å². The third kappa shape index (κ3) is 3.86. The Balaban J connectivity index is 1.67. The average Bonchev–Trinajstić information content (AvgIpc) is 3.24. The number of carbonyl (C=O) groups is 1. The Morgan fingerprint density at radius 1 is 1.29 bits per heavy atom. The molecule has 1 saturated heterocycles. The molecule has 0 saturated carbocycles. The first-order chi connectivity index (χ1) is 14.9. The number of pyridine rings is 1. The molecule has 2 aromatic heterocycles. The maximum Gasteiger partial charge on any atom is 0.251 e. The zero-order chi connectivity index (χ0) is 22.1. The molecule has 1 amide bonds. The molecule has 3 atom stereocenters. The van der Waals surface area contributed by atoms with E-state index in [9.17, 15) is 10.1 Å². The first-order valence-corrected chi connectivity index (χ1v) is 10.9. The van der Waals surface area contributed by atoms with Crippen molar-refractivity contribution in [2.24, 2.45) is 0 Å². The maximum absolute atomic E-state index is 13.0. The lowest BCUT2D eigenvalue weighted by Gasteiger charge is -2.21. The smallest absolute Gasteiger partial charge is 0.251 e. The standard InChI is InChI=1S/C24H28N6O/c1-5-11-30-22-13-18(24(31)27-21-12-16(3)29(14-25)17(21)4)9-10-19(22)23(28-30)20-8-6-7-15(2)26-20/h6-10,13,16-17,21H,5,11-12H2,1-4H3,(H,27,31)/t16-,17+,21+/m0/s1. The summed E-state index contributed by atoms with van der Waals surface area (Å²) in [5.41, 5.74) is 4.14. The van der Waals surface area contributed by atoms with Gasteiger partial charge in [-0.15, -0.1) is 0 Å². The van der Waals surface area contributed by atoms with Crippen LogP contribution in [0.15, 0.2) is 36.4 Å². The fourth-order valence-electron chi connectivity index (χ4n) is 4.46. The summed E-state index contributed by atoms with van der Waals surface area (Å²) in [5, 5.41) is 18.3. The van der Waals surface area contributed by atoms with Crippen LogP contribution in [0.3, 0.4) is 0 Å². The number of amides is 1. The topological polar surface area (TPSA) is 86.8 Å². The van der Waals surface area contributed by atoms with E-state index < -0.39 is 0 Å². The van der Waals surface area contributed by atoms with Crippen LogP contribution >= 0.6 is 0 Å². The molecule has 0 radical (unpaired) electrons. The number of hydrogen-bond acceptors (Lipinski definition) is 5. The number of benzene rings is 1. The highest BCUT2D eigenvalue weighted by Crippen LogP contribution is 2.29. The Morgan fingerprint density at radius 3 is 2.77 bits per heavy atom. The number of nitrogens with one attached hydrogen (secondary N) is 1. The Bertz CT molecular complexity index is 1160. The van der Waals surface area contributed by atoms with E-state index in [2.05, 4.69) is 23.4 Å². The molecular formula is C24H28N6O. The second-order valence-electron chi connectivity index (χ2n) is 8.38. The average molecular weight is 417 g/mol. The van der Waals surface area contributed by atoms with Crippen molar-refractivity contribution in [3.05, 3.63) is 47.7 Å². The van der Waals surface area contributed by atoms with Crippen LogP contribution in [0.4, 0.5) is 0 Å². The van der Waals surface area contributed by atoms with Gasteiger partial charge in [0.1, 0.15) is 5.69 Å². The molecule has 1 aromatic carbocycles. The minimum absolute atomic E-state index is 0.0164. The van der Waals surface area contributed by atoms with Crippen molar-refractivity contribution in [1.29, 1.82) is 5.26 Å². The molecule has 160 valence electrons. The predicted molar refractivity (Wildman–Crippen MR) is 120 cm³/mol. The van der Waals surface area contributed by atoms with E-state index in [4.69, 9.17) is 5.10 Å². The molecule has 1 fully saturated rings. The van der Waals surface area contributed by atoms with Gasteiger partial charge < -0.3 is 10.2 Å². The molecule has 1 aliphatic heterocycles. The van der Waals surface area contributed by atoms with Crippen molar-refractivity contribution in [2.75, 3.05) is 0 Å². The highest BCUT2D eigenvalue weighted by Gasteiger charge is 2.36. The number of carbonyl (C=O) groups excluding carboxylic acids is 1. The molecule has 0 bridgehead atoms. The van der Waals surface area contributed by atoms with E-state index in [0.717, 1.165) is 47.4 Å². The summed E-state index contributed by atoms with van der Waals surface area (Å²) in [6.45, 7) is 8.84. The molecular weight excluding hydrogens is 388 g/mol. The lowest BCUT2D eigenvalue weighted by atomic mass is 10.1. The van der Waals surface area contributed by atoms with E-state index in [-0.39, 0.29) is 24.0 Å². The van der Waals surface area contributed by atoms with Crippen LogP contribution in [-0.2, 0) is 6.54 Å². The lowest BCUT2D eigenvalue weighted by molar-refractivity contribution is 0.0931. The first-order valence-electron chi connectivity index (χ1n) is 10.9. The van der Waals surface area contributed by atoms with Gasteiger partial charge >= 0.3 is 0 Å². The van der Waals surface area contributed by atoms with Crippen molar-refractivity contribution in [1.82, 2.24) is 25.0 Å². The molecule has 1 N–H and O–H groups in total. The minimum atomic E-state index is -0.120. The van der Waals surface area contributed by atoms with Gasteiger partial charge in [-0.1, -0.05) is 13.0 Å². The van der Waals surface area contributed by atoms with Gasteiger partial charge in [-0.2, -0.15) is 10.4 Å². The predicted octanol–water partition coefficient (Wildman–Crippen LogP) is 3.88. The lowest BCUT2D eigenvalue weighted by Crippen LogP contribution is -2.42. The summed E-state index contributed by atoms with van der Waals surface area (Å²) < 4.78 is 1.96. The van der Waals surface area contributed by atoms with Gasteiger partial charge in [-0.3, -0.25) is 14.5 Å². The van der Waals surface area contributed by atoms with Gasteiger partial charge in [-0.25, -0.2) is 0 Å². The van der Waals surface area contributed by atoms with Crippen molar-refractivity contribution >= 4 is 16.8 Å².